The highest BCUT2D eigenvalue weighted by Gasteiger charge is 2.22. The maximum atomic E-state index is 13.1. The second kappa shape index (κ2) is 6.64. The third-order valence-electron chi connectivity index (χ3n) is 3.07. The van der Waals surface area contributed by atoms with Crippen LogP contribution in [0.1, 0.15) is 17.2 Å². The zero-order chi connectivity index (χ0) is 15.6. The Kier molecular flexibility index (Phi) is 5.08. The molecule has 6 heteroatoms. The standard InChI is InChI=1S/C15H13BrClFO3/c1-20-12-6-5-10(15(21-2)13(12)16)14(19)9-4-3-8(18)7-11(9)17/h3-7,14,19H,1-2H3. The van der Waals surface area contributed by atoms with Gasteiger partial charge in [0.25, 0.3) is 0 Å². The molecule has 0 aliphatic carbocycles. The molecule has 3 nitrogen and oxygen atoms in total. The highest BCUT2D eigenvalue weighted by molar-refractivity contribution is 9.10. The van der Waals surface area contributed by atoms with Crippen LogP contribution in [0.25, 0.3) is 0 Å². The molecule has 0 aliphatic rings. The van der Waals surface area contributed by atoms with Crippen LogP contribution in [0.3, 0.4) is 0 Å². The van der Waals surface area contributed by atoms with Gasteiger partial charge >= 0.3 is 0 Å². The van der Waals surface area contributed by atoms with Crippen LogP contribution in [0.2, 0.25) is 5.02 Å². The molecular formula is C15H13BrClFO3. The van der Waals surface area contributed by atoms with Gasteiger partial charge in [-0.15, -0.1) is 0 Å². The number of hydrogen-bond acceptors (Lipinski definition) is 3. The van der Waals surface area contributed by atoms with Crippen LogP contribution < -0.4 is 9.47 Å². The molecular weight excluding hydrogens is 363 g/mol. The summed E-state index contributed by atoms with van der Waals surface area (Å²) in [5.74, 6) is 0.550. The van der Waals surface area contributed by atoms with Gasteiger partial charge in [0, 0.05) is 16.1 Å². The number of ether oxygens (including phenoxy) is 2. The maximum Gasteiger partial charge on any atom is 0.142 e. The van der Waals surface area contributed by atoms with Gasteiger partial charge in [0.2, 0.25) is 0 Å². The predicted molar refractivity (Wildman–Crippen MR) is 82.7 cm³/mol. The Labute approximate surface area is 135 Å². The van der Waals surface area contributed by atoms with Crippen molar-refractivity contribution in [2.45, 2.75) is 6.10 Å². The third kappa shape index (κ3) is 3.15. The van der Waals surface area contributed by atoms with E-state index in [2.05, 4.69) is 15.9 Å². The first-order valence-electron chi connectivity index (χ1n) is 6.03. The van der Waals surface area contributed by atoms with E-state index in [0.717, 1.165) is 6.07 Å². The van der Waals surface area contributed by atoms with Gasteiger partial charge in [0.05, 0.1) is 14.2 Å². The van der Waals surface area contributed by atoms with Crippen molar-refractivity contribution < 1.29 is 19.0 Å². The first kappa shape index (κ1) is 16.1. The lowest BCUT2D eigenvalue weighted by molar-refractivity contribution is 0.214. The number of hydrogen-bond donors (Lipinski definition) is 1. The molecule has 21 heavy (non-hydrogen) atoms. The Hall–Kier alpha value is -1.30. The van der Waals surface area contributed by atoms with E-state index in [-0.39, 0.29) is 5.02 Å². The molecule has 0 aliphatic heterocycles. The molecule has 2 aromatic carbocycles. The number of methoxy groups -OCH3 is 2. The van der Waals surface area contributed by atoms with E-state index in [1.807, 2.05) is 0 Å². The van der Waals surface area contributed by atoms with Crippen molar-refractivity contribution in [2.75, 3.05) is 14.2 Å². The van der Waals surface area contributed by atoms with E-state index in [1.54, 1.807) is 12.1 Å². The largest absolute Gasteiger partial charge is 0.495 e. The van der Waals surface area contributed by atoms with Crippen LogP contribution >= 0.6 is 27.5 Å². The Morgan fingerprint density at radius 2 is 1.81 bits per heavy atom. The van der Waals surface area contributed by atoms with E-state index in [0.29, 0.717) is 27.1 Å². The van der Waals surface area contributed by atoms with Crippen LogP contribution in [0.4, 0.5) is 4.39 Å². The number of halogens is 3. The van der Waals surface area contributed by atoms with Crippen molar-refractivity contribution in [1.82, 2.24) is 0 Å². The highest BCUT2D eigenvalue weighted by atomic mass is 79.9. The Morgan fingerprint density at radius 1 is 1.14 bits per heavy atom. The molecule has 2 rings (SSSR count). The Bertz CT molecular complexity index is 664. The van der Waals surface area contributed by atoms with E-state index in [4.69, 9.17) is 21.1 Å². The van der Waals surface area contributed by atoms with Crippen LogP contribution in [-0.4, -0.2) is 19.3 Å². The highest BCUT2D eigenvalue weighted by Crippen LogP contribution is 2.42. The maximum absolute atomic E-state index is 13.1. The number of aliphatic hydroxyl groups excluding tert-OH is 1. The van der Waals surface area contributed by atoms with Crippen molar-refractivity contribution in [2.24, 2.45) is 0 Å². The molecule has 0 heterocycles. The molecule has 0 saturated heterocycles. The monoisotopic (exact) mass is 374 g/mol. The van der Waals surface area contributed by atoms with Crippen molar-refractivity contribution in [3.8, 4) is 11.5 Å². The van der Waals surface area contributed by atoms with Crippen molar-refractivity contribution >= 4 is 27.5 Å². The van der Waals surface area contributed by atoms with Crippen LogP contribution in [-0.2, 0) is 0 Å². The van der Waals surface area contributed by atoms with Gasteiger partial charge in [-0.05, 0) is 40.2 Å². The average molecular weight is 376 g/mol. The van der Waals surface area contributed by atoms with Crippen molar-refractivity contribution in [1.29, 1.82) is 0 Å². The average Bonchev–Trinajstić information content (AvgIpc) is 2.46. The lowest BCUT2D eigenvalue weighted by Crippen LogP contribution is -2.04. The molecule has 2 aromatic rings. The normalized spacial score (nSPS) is 12.1. The second-order valence-corrected chi connectivity index (χ2v) is 5.47. The summed E-state index contributed by atoms with van der Waals surface area (Å²) in [6, 6.07) is 7.22. The van der Waals surface area contributed by atoms with E-state index < -0.39 is 11.9 Å². The molecule has 0 amide bonds. The summed E-state index contributed by atoms with van der Waals surface area (Å²) in [5.41, 5.74) is 0.895. The lowest BCUT2D eigenvalue weighted by atomic mass is 10.0. The van der Waals surface area contributed by atoms with E-state index >= 15 is 0 Å². The topological polar surface area (TPSA) is 38.7 Å². The molecule has 0 radical (unpaired) electrons. The number of aliphatic hydroxyl groups is 1. The smallest absolute Gasteiger partial charge is 0.142 e. The summed E-state index contributed by atoms with van der Waals surface area (Å²) in [4.78, 5) is 0. The first-order valence-corrected chi connectivity index (χ1v) is 7.20. The van der Waals surface area contributed by atoms with Crippen LogP contribution in [0.5, 0.6) is 11.5 Å². The zero-order valence-corrected chi connectivity index (χ0v) is 13.7. The van der Waals surface area contributed by atoms with Crippen molar-refractivity contribution in [3.05, 3.63) is 56.8 Å². The van der Waals surface area contributed by atoms with Gasteiger partial charge in [0.1, 0.15) is 27.9 Å². The minimum atomic E-state index is -1.05. The number of benzene rings is 2. The molecule has 0 fully saturated rings. The fourth-order valence-corrected chi connectivity index (χ4v) is 2.98. The fourth-order valence-electron chi connectivity index (χ4n) is 2.02. The van der Waals surface area contributed by atoms with Crippen LogP contribution in [0, 0.1) is 5.82 Å². The second-order valence-electron chi connectivity index (χ2n) is 4.27. The van der Waals surface area contributed by atoms with Gasteiger partial charge in [0.15, 0.2) is 0 Å². The Morgan fingerprint density at radius 3 is 2.38 bits per heavy atom. The Balaban J connectivity index is 2.52. The summed E-state index contributed by atoms with van der Waals surface area (Å²) >= 11 is 9.36. The fraction of sp³-hybridized carbons (Fsp3) is 0.200. The zero-order valence-electron chi connectivity index (χ0n) is 11.4. The molecule has 0 saturated carbocycles. The quantitative estimate of drug-likeness (QED) is 0.864. The van der Waals surface area contributed by atoms with Gasteiger partial charge < -0.3 is 14.6 Å². The molecule has 112 valence electrons. The molecule has 1 atom stereocenters. The van der Waals surface area contributed by atoms with Crippen molar-refractivity contribution in [3.63, 3.8) is 0 Å². The predicted octanol–water partition coefficient (Wildman–Crippen LogP) is 4.34. The molecule has 0 aromatic heterocycles. The lowest BCUT2D eigenvalue weighted by Gasteiger charge is -2.18. The SMILES string of the molecule is COc1ccc(C(O)c2ccc(F)cc2Cl)c(OC)c1Br. The summed E-state index contributed by atoms with van der Waals surface area (Å²) in [6.07, 6.45) is -1.05. The first-order chi connectivity index (χ1) is 9.99. The third-order valence-corrected chi connectivity index (χ3v) is 4.15. The summed E-state index contributed by atoms with van der Waals surface area (Å²) in [6.45, 7) is 0. The number of rotatable bonds is 4. The van der Waals surface area contributed by atoms with Gasteiger partial charge in [-0.2, -0.15) is 0 Å². The van der Waals surface area contributed by atoms with E-state index in [1.165, 1.54) is 26.4 Å². The van der Waals surface area contributed by atoms with E-state index in [9.17, 15) is 9.50 Å². The minimum absolute atomic E-state index is 0.150. The molecule has 1 N–H and O–H groups in total. The molecule has 0 bridgehead atoms. The van der Waals surface area contributed by atoms with Crippen LogP contribution in [0.15, 0.2) is 34.8 Å². The summed E-state index contributed by atoms with van der Waals surface area (Å²) in [7, 11) is 3.02. The summed E-state index contributed by atoms with van der Waals surface area (Å²) < 4.78 is 24.2. The summed E-state index contributed by atoms with van der Waals surface area (Å²) in [5, 5.41) is 10.7. The van der Waals surface area contributed by atoms with Gasteiger partial charge in [-0.1, -0.05) is 17.7 Å². The van der Waals surface area contributed by atoms with Gasteiger partial charge in [-0.3, -0.25) is 0 Å². The molecule has 1 unspecified atom stereocenters. The molecule has 0 spiro atoms. The minimum Gasteiger partial charge on any atom is -0.495 e. The van der Waals surface area contributed by atoms with Gasteiger partial charge in [-0.25, -0.2) is 4.39 Å².